The lowest BCUT2D eigenvalue weighted by Gasteiger charge is -2.70. The molecule has 26 heavy (non-hydrogen) atoms. The Morgan fingerprint density at radius 2 is 1.69 bits per heavy atom. The van der Waals surface area contributed by atoms with Gasteiger partial charge in [-0.25, -0.2) is 13.6 Å². The predicted octanol–water partition coefficient (Wildman–Crippen LogP) is 4.50. The Balaban J connectivity index is 0.000000130. The van der Waals surface area contributed by atoms with Crippen molar-refractivity contribution in [1.29, 1.82) is 0 Å². The van der Waals surface area contributed by atoms with Crippen molar-refractivity contribution < 1.29 is 18.7 Å². The number of aromatic nitrogens is 2. The zero-order valence-corrected chi connectivity index (χ0v) is 17.4. The summed E-state index contributed by atoms with van der Waals surface area (Å²) >= 11 is 2.22. The normalized spacial score (nSPS) is 41.5. The number of hydrogen-bond donors (Lipinski definition) is 1. The van der Waals surface area contributed by atoms with E-state index in [0.29, 0.717) is 38.5 Å². The first-order chi connectivity index (χ1) is 11.8. The predicted molar refractivity (Wildman–Crippen MR) is 101 cm³/mol. The molecule has 4 bridgehead atoms. The molecule has 1 aromatic heterocycles. The zero-order chi connectivity index (χ0) is 19.2. The fourth-order valence-electron chi connectivity index (χ4n) is 5.47. The molecule has 0 radical (unpaired) electrons. The van der Waals surface area contributed by atoms with Gasteiger partial charge in [0.25, 0.3) is 0 Å². The summed E-state index contributed by atoms with van der Waals surface area (Å²) in [5, 5.41) is 13.3. The second-order valence-electron chi connectivity index (χ2n) is 9.70. The van der Waals surface area contributed by atoms with Crippen LogP contribution in [0.4, 0.5) is 13.6 Å². The maximum Gasteiger partial charge on any atom is 0.408 e. The number of nitrogens with zero attached hydrogens (tertiary/aromatic N) is 3. The van der Waals surface area contributed by atoms with Gasteiger partial charge < -0.3 is 5.11 Å². The number of carboxylic acid groups (broad SMARTS) is 1. The molecule has 0 unspecified atom stereocenters. The van der Waals surface area contributed by atoms with Crippen LogP contribution in [0.25, 0.3) is 0 Å². The number of amides is 1. The Morgan fingerprint density at radius 3 is 2.00 bits per heavy atom. The summed E-state index contributed by atoms with van der Waals surface area (Å²) in [6, 6.07) is 0. The van der Waals surface area contributed by atoms with E-state index in [1.54, 1.807) is 0 Å². The molecular weight excluding hydrogens is 455 g/mol. The standard InChI is InChI=1S/C10H16FNO2.C8H8FIN2/c1-8(2,3)12(7(13)14)10-4-9(11,5-10)6-10;9-7-3-8(4-7,5-7)12-2-6(10)1-11-12/h4-6H2,1-3H3,(H,13,14);1-2H,3-5H2. The molecule has 6 aliphatic rings. The molecule has 6 fully saturated rings. The minimum Gasteiger partial charge on any atom is -0.465 e. The molecule has 1 N–H and O–H groups in total. The SMILES string of the molecule is CC(C)(C)N(C(=O)O)C12CC(F)(C1)C2.FC12CC(n3cc(I)cn3)(C1)C2. The first-order valence-corrected chi connectivity index (χ1v) is 10.0. The van der Waals surface area contributed by atoms with Gasteiger partial charge in [-0.05, 0) is 43.4 Å². The molecule has 0 aromatic carbocycles. The molecule has 8 heteroatoms. The minimum atomic E-state index is -1.04. The maximum absolute atomic E-state index is 13.3. The maximum atomic E-state index is 13.3. The van der Waals surface area contributed by atoms with Crippen molar-refractivity contribution in [2.24, 2.45) is 0 Å². The van der Waals surface area contributed by atoms with Gasteiger partial charge in [0.2, 0.25) is 0 Å². The third kappa shape index (κ3) is 2.57. The van der Waals surface area contributed by atoms with Crippen LogP contribution < -0.4 is 0 Å². The Morgan fingerprint density at radius 1 is 1.19 bits per heavy atom. The Hall–Kier alpha value is -0.930. The average molecular weight is 479 g/mol. The lowest BCUT2D eigenvalue weighted by molar-refractivity contribution is -0.231. The lowest BCUT2D eigenvalue weighted by atomic mass is 9.46. The van der Waals surface area contributed by atoms with E-state index in [1.807, 2.05) is 37.8 Å². The Bertz CT molecular complexity index is 733. The quantitative estimate of drug-likeness (QED) is 0.636. The van der Waals surface area contributed by atoms with Crippen molar-refractivity contribution in [2.75, 3.05) is 0 Å². The van der Waals surface area contributed by atoms with Gasteiger partial charge in [-0.2, -0.15) is 5.10 Å². The second kappa shape index (κ2) is 5.11. The van der Waals surface area contributed by atoms with Gasteiger partial charge >= 0.3 is 6.09 Å². The molecule has 0 atom stereocenters. The highest BCUT2D eigenvalue weighted by atomic mass is 127. The molecule has 5 nitrogen and oxygen atoms in total. The van der Waals surface area contributed by atoms with Crippen LogP contribution >= 0.6 is 22.6 Å². The van der Waals surface area contributed by atoms with E-state index in [9.17, 15) is 13.6 Å². The minimum absolute atomic E-state index is 0.0676. The van der Waals surface area contributed by atoms with E-state index in [-0.39, 0.29) is 5.54 Å². The monoisotopic (exact) mass is 479 g/mol. The largest absolute Gasteiger partial charge is 0.465 e. The summed E-state index contributed by atoms with van der Waals surface area (Å²) in [5.74, 6) is 0. The van der Waals surface area contributed by atoms with Crippen molar-refractivity contribution in [1.82, 2.24) is 14.7 Å². The van der Waals surface area contributed by atoms with Crippen LogP contribution in [0.5, 0.6) is 0 Å². The van der Waals surface area contributed by atoms with Crippen LogP contribution in [0.15, 0.2) is 12.4 Å². The summed E-state index contributed by atoms with van der Waals surface area (Å²) < 4.78 is 29.5. The van der Waals surface area contributed by atoms with Gasteiger partial charge in [-0.3, -0.25) is 9.58 Å². The fourth-order valence-corrected chi connectivity index (χ4v) is 5.86. The van der Waals surface area contributed by atoms with Gasteiger partial charge in [0.15, 0.2) is 0 Å². The molecule has 1 amide bonds. The molecule has 1 heterocycles. The lowest BCUT2D eigenvalue weighted by Crippen LogP contribution is -2.80. The van der Waals surface area contributed by atoms with Crippen LogP contribution in [0.3, 0.4) is 0 Å². The molecule has 0 aliphatic heterocycles. The molecule has 0 saturated heterocycles. The average Bonchev–Trinajstić information content (AvgIpc) is 2.76. The highest BCUT2D eigenvalue weighted by Gasteiger charge is 2.74. The number of halogens is 3. The van der Waals surface area contributed by atoms with E-state index >= 15 is 0 Å². The van der Waals surface area contributed by atoms with Crippen molar-refractivity contribution >= 4 is 28.7 Å². The number of alkyl halides is 2. The van der Waals surface area contributed by atoms with Gasteiger partial charge in [0.1, 0.15) is 11.3 Å². The topological polar surface area (TPSA) is 58.4 Å². The van der Waals surface area contributed by atoms with Gasteiger partial charge in [0.05, 0.1) is 20.8 Å². The van der Waals surface area contributed by atoms with E-state index in [2.05, 4.69) is 27.7 Å². The fraction of sp³-hybridized carbons (Fsp3) is 0.778. The molecule has 1 aromatic rings. The van der Waals surface area contributed by atoms with Gasteiger partial charge in [-0.15, -0.1) is 0 Å². The van der Waals surface area contributed by atoms with Crippen molar-refractivity contribution in [3.05, 3.63) is 16.0 Å². The summed E-state index contributed by atoms with van der Waals surface area (Å²) in [7, 11) is 0. The Kier molecular flexibility index (Phi) is 3.62. The van der Waals surface area contributed by atoms with Crippen LogP contribution in [-0.2, 0) is 5.54 Å². The highest BCUT2D eigenvalue weighted by molar-refractivity contribution is 14.1. The smallest absolute Gasteiger partial charge is 0.408 e. The number of carbonyl (C=O) groups is 1. The van der Waals surface area contributed by atoms with Crippen molar-refractivity contribution in [2.45, 2.75) is 87.3 Å². The third-order valence-electron chi connectivity index (χ3n) is 6.25. The molecule has 7 rings (SSSR count). The summed E-state index contributed by atoms with van der Waals surface area (Å²) in [6.45, 7) is 5.56. The van der Waals surface area contributed by atoms with E-state index in [4.69, 9.17) is 5.11 Å². The first kappa shape index (κ1) is 18.4. The molecule has 0 spiro atoms. The zero-order valence-electron chi connectivity index (χ0n) is 15.2. The van der Waals surface area contributed by atoms with Crippen molar-refractivity contribution in [3.63, 3.8) is 0 Å². The van der Waals surface area contributed by atoms with Gasteiger partial charge in [0, 0.05) is 50.3 Å². The van der Waals surface area contributed by atoms with E-state index < -0.39 is 28.5 Å². The van der Waals surface area contributed by atoms with E-state index in [0.717, 1.165) is 3.57 Å². The molecular formula is C18H24F2IN3O2. The molecule has 6 aliphatic carbocycles. The number of rotatable bonds is 2. The second-order valence-corrected chi connectivity index (χ2v) is 10.9. The molecule has 6 saturated carbocycles. The van der Waals surface area contributed by atoms with Gasteiger partial charge in [-0.1, -0.05) is 0 Å². The van der Waals surface area contributed by atoms with Crippen LogP contribution in [-0.4, -0.2) is 48.3 Å². The Labute approximate surface area is 165 Å². The highest BCUT2D eigenvalue weighted by Crippen LogP contribution is 2.67. The van der Waals surface area contributed by atoms with Crippen molar-refractivity contribution in [3.8, 4) is 0 Å². The van der Waals surface area contributed by atoms with E-state index in [1.165, 1.54) is 4.90 Å². The van der Waals surface area contributed by atoms with Crippen LogP contribution in [0.2, 0.25) is 0 Å². The number of hydrogen-bond acceptors (Lipinski definition) is 2. The van der Waals surface area contributed by atoms with Crippen LogP contribution in [0, 0.1) is 3.57 Å². The summed E-state index contributed by atoms with van der Waals surface area (Å²) in [6.07, 6.45) is 6.11. The summed E-state index contributed by atoms with van der Waals surface area (Å²) in [5.41, 5.74) is -2.62. The first-order valence-electron chi connectivity index (χ1n) is 8.93. The van der Waals surface area contributed by atoms with Crippen LogP contribution in [0.1, 0.15) is 59.3 Å². The third-order valence-corrected chi connectivity index (χ3v) is 6.81. The summed E-state index contributed by atoms with van der Waals surface area (Å²) in [4.78, 5) is 12.5. The molecule has 144 valence electrons.